The van der Waals surface area contributed by atoms with Crippen LogP contribution in [0.2, 0.25) is 0 Å². The number of aliphatic carboxylic acids is 1. The van der Waals surface area contributed by atoms with E-state index in [1.165, 1.54) is 16.8 Å². The average Bonchev–Trinajstić information content (AvgIpc) is 2.62. The number of phenols is 1. The molecular formula is C13H14N2O4. The van der Waals surface area contributed by atoms with E-state index in [4.69, 9.17) is 5.11 Å². The first-order chi connectivity index (χ1) is 8.99. The quantitative estimate of drug-likeness (QED) is 0.771. The predicted molar refractivity (Wildman–Crippen MR) is 68.7 cm³/mol. The van der Waals surface area contributed by atoms with Crippen molar-refractivity contribution in [2.24, 2.45) is 0 Å². The lowest BCUT2D eigenvalue weighted by Gasteiger charge is -2.01. The van der Waals surface area contributed by atoms with Crippen molar-refractivity contribution in [3.8, 4) is 11.4 Å². The van der Waals surface area contributed by atoms with E-state index in [1.54, 1.807) is 19.1 Å². The molecule has 2 rings (SSSR count). The monoisotopic (exact) mass is 262 g/mol. The summed E-state index contributed by atoms with van der Waals surface area (Å²) in [7, 11) is 0. The Kier molecular flexibility index (Phi) is 3.41. The molecule has 0 aliphatic rings. The van der Waals surface area contributed by atoms with Gasteiger partial charge in [-0.05, 0) is 25.5 Å². The van der Waals surface area contributed by atoms with Gasteiger partial charge in [0.05, 0.1) is 5.69 Å². The second-order valence-corrected chi connectivity index (χ2v) is 4.27. The van der Waals surface area contributed by atoms with E-state index < -0.39 is 5.97 Å². The number of carboxylic acids is 1. The molecule has 0 fully saturated rings. The lowest BCUT2D eigenvalue weighted by molar-refractivity contribution is -0.136. The van der Waals surface area contributed by atoms with Gasteiger partial charge in [-0.2, -0.15) is 0 Å². The molecule has 0 aliphatic carbocycles. The van der Waals surface area contributed by atoms with Gasteiger partial charge in [-0.25, -0.2) is 4.68 Å². The Morgan fingerprint density at radius 2 is 2.16 bits per heavy atom. The van der Waals surface area contributed by atoms with Crippen LogP contribution < -0.4 is 5.56 Å². The molecule has 19 heavy (non-hydrogen) atoms. The van der Waals surface area contributed by atoms with Crippen LogP contribution in [0, 0.1) is 6.92 Å². The highest BCUT2D eigenvalue weighted by Gasteiger charge is 2.13. The zero-order chi connectivity index (χ0) is 14.0. The lowest BCUT2D eigenvalue weighted by Crippen LogP contribution is -2.17. The average molecular weight is 262 g/mol. The summed E-state index contributed by atoms with van der Waals surface area (Å²) < 4.78 is 1.30. The molecule has 1 aromatic heterocycles. The second kappa shape index (κ2) is 5.01. The molecule has 0 atom stereocenters. The van der Waals surface area contributed by atoms with Gasteiger partial charge in [0.15, 0.2) is 0 Å². The minimum atomic E-state index is -0.941. The number of aryl methyl sites for hydroxylation is 1. The second-order valence-electron chi connectivity index (χ2n) is 4.27. The highest BCUT2D eigenvalue weighted by molar-refractivity contribution is 5.67. The molecule has 0 radical (unpaired) electrons. The number of nitrogens with one attached hydrogen (secondary N) is 1. The number of aromatic nitrogens is 2. The number of aromatic amines is 1. The maximum Gasteiger partial charge on any atom is 0.303 e. The topological polar surface area (TPSA) is 95.3 Å². The van der Waals surface area contributed by atoms with Crippen LogP contribution in [0.4, 0.5) is 0 Å². The summed E-state index contributed by atoms with van der Waals surface area (Å²) in [6, 6.07) is 6.27. The Labute approximate surface area is 108 Å². The molecule has 0 amide bonds. The number of benzene rings is 1. The summed E-state index contributed by atoms with van der Waals surface area (Å²) in [5, 5.41) is 21.0. The number of rotatable bonds is 4. The number of hydrogen-bond acceptors (Lipinski definition) is 3. The normalized spacial score (nSPS) is 10.6. The van der Waals surface area contributed by atoms with E-state index >= 15 is 0 Å². The van der Waals surface area contributed by atoms with Gasteiger partial charge in [-0.1, -0.05) is 6.07 Å². The van der Waals surface area contributed by atoms with Crippen LogP contribution in [-0.2, 0) is 11.2 Å². The third kappa shape index (κ3) is 2.67. The first-order valence-corrected chi connectivity index (χ1v) is 5.80. The van der Waals surface area contributed by atoms with Crippen molar-refractivity contribution in [1.29, 1.82) is 0 Å². The fourth-order valence-electron chi connectivity index (χ4n) is 1.92. The number of aromatic hydroxyl groups is 1. The molecule has 6 nitrogen and oxygen atoms in total. The van der Waals surface area contributed by atoms with E-state index in [0.717, 1.165) is 0 Å². The van der Waals surface area contributed by atoms with Crippen molar-refractivity contribution in [3.63, 3.8) is 0 Å². The number of phenolic OH excluding ortho intramolecular Hbond substituents is 1. The molecular weight excluding hydrogens is 248 g/mol. The van der Waals surface area contributed by atoms with Gasteiger partial charge >= 0.3 is 5.97 Å². The van der Waals surface area contributed by atoms with Crippen molar-refractivity contribution in [2.45, 2.75) is 19.8 Å². The van der Waals surface area contributed by atoms with Crippen LogP contribution in [0.25, 0.3) is 5.69 Å². The van der Waals surface area contributed by atoms with E-state index in [2.05, 4.69) is 5.10 Å². The number of H-pyrrole nitrogens is 1. The van der Waals surface area contributed by atoms with E-state index in [0.29, 0.717) is 16.9 Å². The van der Waals surface area contributed by atoms with Gasteiger partial charge in [0.25, 0.3) is 5.56 Å². The van der Waals surface area contributed by atoms with Gasteiger partial charge in [-0.15, -0.1) is 0 Å². The molecule has 3 N–H and O–H groups in total. The molecule has 1 heterocycles. The number of carbonyl (C=O) groups is 1. The van der Waals surface area contributed by atoms with Crippen LogP contribution in [0.5, 0.6) is 5.75 Å². The van der Waals surface area contributed by atoms with E-state index in [1.807, 2.05) is 0 Å². The van der Waals surface area contributed by atoms with E-state index in [-0.39, 0.29) is 24.2 Å². The number of carboxylic acid groups (broad SMARTS) is 1. The molecule has 0 saturated carbocycles. The van der Waals surface area contributed by atoms with Crippen molar-refractivity contribution < 1.29 is 15.0 Å². The van der Waals surface area contributed by atoms with Crippen LogP contribution in [0.3, 0.4) is 0 Å². The SMILES string of the molecule is Cc1[nH]n(-c2cccc(O)c2)c(=O)c1CCC(=O)O. The Hall–Kier alpha value is -2.50. The molecule has 0 unspecified atom stereocenters. The summed E-state index contributed by atoms with van der Waals surface area (Å²) in [4.78, 5) is 22.7. The molecule has 6 heteroatoms. The zero-order valence-corrected chi connectivity index (χ0v) is 10.4. The molecule has 0 bridgehead atoms. The fraction of sp³-hybridized carbons (Fsp3) is 0.231. The minimum Gasteiger partial charge on any atom is -0.508 e. The third-order valence-electron chi connectivity index (χ3n) is 2.87. The zero-order valence-electron chi connectivity index (χ0n) is 10.4. The lowest BCUT2D eigenvalue weighted by atomic mass is 10.1. The van der Waals surface area contributed by atoms with E-state index in [9.17, 15) is 14.7 Å². The molecule has 2 aromatic rings. The number of nitrogens with zero attached hydrogens (tertiary/aromatic N) is 1. The Balaban J connectivity index is 2.41. The first-order valence-electron chi connectivity index (χ1n) is 5.80. The van der Waals surface area contributed by atoms with Gasteiger partial charge in [-0.3, -0.25) is 14.7 Å². The highest BCUT2D eigenvalue weighted by Crippen LogP contribution is 2.14. The van der Waals surface area contributed by atoms with Crippen LogP contribution >= 0.6 is 0 Å². The molecule has 0 aliphatic heterocycles. The van der Waals surface area contributed by atoms with Gasteiger partial charge < -0.3 is 10.2 Å². The van der Waals surface area contributed by atoms with Crippen molar-refractivity contribution in [1.82, 2.24) is 9.78 Å². The molecule has 0 spiro atoms. The first kappa shape index (κ1) is 12.9. The van der Waals surface area contributed by atoms with Crippen LogP contribution in [-0.4, -0.2) is 26.0 Å². The third-order valence-corrected chi connectivity index (χ3v) is 2.87. The largest absolute Gasteiger partial charge is 0.508 e. The molecule has 100 valence electrons. The van der Waals surface area contributed by atoms with Crippen LogP contribution in [0.15, 0.2) is 29.1 Å². The van der Waals surface area contributed by atoms with Crippen molar-refractivity contribution in [3.05, 3.63) is 45.9 Å². The smallest absolute Gasteiger partial charge is 0.303 e. The summed E-state index contributed by atoms with van der Waals surface area (Å²) in [6.45, 7) is 1.72. The van der Waals surface area contributed by atoms with Gasteiger partial charge in [0, 0.05) is 23.7 Å². The maximum atomic E-state index is 12.2. The maximum absolute atomic E-state index is 12.2. The molecule has 0 saturated heterocycles. The summed E-state index contributed by atoms with van der Waals surface area (Å²) in [5.74, 6) is -0.882. The molecule has 1 aromatic carbocycles. The summed E-state index contributed by atoms with van der Waals surface area (Å²) in [6.07, 6.45) is 0.0935. The van der Waals surface area contributed by atoms with Gasteiger partial charge in [0.1, 0.15) is 5.75 Å². The summed E-state index contributed by atoms with van der Waals surface area (Å²) >= 11 is 0. The Morgan fingerprint density at radius 3 is 2.79 bits per heavy atom. The van der Waals surface area contributed by atoms with Crippen molar-refractivity contribution >= 4 is 5.97 Å². The van der Waals surface area contributed by atoms with Crippen LogP contribution in [0.1, 0.15) is 17.7 Å². The fourth-order valence-corrected chi connectivity index (χ4v) is 1.92. The highest BCUT2D eigenvalue weighted by atomic mass is 16.4. The van der Waals surface area contributed by atoms with Gasteiger partial charge in [0.2, 0.25) is 0 Å². The minimum absolute atomic E-state index is 0.0590. The Morgan fingerprint density at radius 1 is 1.42 bits per heavy atom. The number of hydrogen-bond donors (Lipinski definition) is 3. The van der Waals surface area contributed by atoms with Crippen molar-refractivity contribution in [2.75, 3.05) is 0 Å². The standard InChI is InChI=1S/C13H14N2O4/c1-8-11(5-6-12(17)18)13(19)15(14-8)9-3-2-4-10(16)7-9/h2-4,7,14,16H,5-6H2,1H3,(H,17,18). The Bertz CT molecular complexity index is 670. The summed E-state index contributed by atoms with van der Waals surface area (Å²) in [5.41, 5.74) is 1.30. The predicted octanol–water partition coefficient (Wildman–Crippen LogP) is 1.20.